The molecule has 0 aliphatic heterocycles. The van der Waals surface area contributed by atoms with E-state index < -0.39 is 15.8 Å². The summed E-state index contributed by atoms with van der Waals surface area (Å²) in [5.41, 5.74) is 2.31. The molecular weight excluding hydrogens is 396 g/mol. The van der Waals surface area contributed by atoms with E-state index in [1.807, 2.05) is 6.92 Å². The first kappa shape index (κ1) is 22.3. The van der Waals surface area contributed by atoms with E-state index in [1.165, 1.54) is 49.7 Å². The number of rotatable bonds is 10. The van der Waals surface area contributed by atoms with Gasteiger partial charge in [-0.2, -0.15) is 5.10 Å². The first-order valence-corrected chi connectivity index (χ1v) is 8.94. The van der Waals surface area contributed by atoms with Crippen molar-refractivity contribution in [3.8, 4) is 11.5 Å². The molecule has 30 heavy (non-hydrogen) atoms. The van der Waals surface area contributed by atoms with Gasteiger partial charge in [0.1, 0.15) is 0 Å². The number of hydrazone groups is 1. The Hall–Kier alpha value is -4.02. The molecule has 0 heterocycles. The molecule has 11 nitrogen and oxygen atoms in total. The van der Waals surface area contributed by atoms with Crippen LogP contribution in [-0.2, 0) is 0 Å². The van der Waals surface area contributed by atoms with Crippen LogP contribution in [0, 0.1) is 20.2 Å². The zero-order valence-electron chi connectivity index (χ0n) is 16.4. The highest BCUT2D eigenvalue weighted by atomic mass is 16.6. The van der Waals surface area contributed by atoms with Crippen LogP contribution >= 0.6 is 0 Å². The van der Waals surface area contributed by atoms with Crippen LogP contribution in [0.15, 0.2) is 41.5 Å². The first-order valence-electron chi connectivity index (χ1n) is 8.94. The van der Waals surface area contributed by atoms with Crippen LogP contribution in [0.5, 0.6) is 11.5 Å². The highest BCUT2D eigenvalue weighted by molar-refractivity contribution is 5.95. The van der Waals surface area contributed by atoms with Crippen molar-refractivity contribution in [2.75, 3.05) is 13.7 Å². The summed E-state index contributed by atoms with van der Waals surface area (Å²) in [4.78, 5) is 33.0. The first-order chi connectivity index (χ1) is 14.4. The lowest BCUT2D eigenvalue weighted by atomic mass is 10.2. The average molecular weight is 416 g/mol. The zero-order chi connectivity index (χ0) is 22.1. The molecule has 2 aromatic rings. The van der Waals surface area contributed by atoms with Gasteiger partial charge < -0.3 is 9.47 Å². The number of nitrogens with one attached hydrogen (secondary N) is 1. The number of carbonyl (C=O) groups is 1. The van der Waals surface area contributed by atoms with Gasteiger partial charge in [0.25, 0.3) is 11.6 Å². The van der Waals surface area contributed by atoms with Crippen LogP contribution in [0.3, 0.4) is 0 Å². The quantitative estimate of drug-likeness (QED) is 0.270. The summed E-state index contributed by atoms with van der Waals surface area (Å²) >= 11 is 0. The number of benzene rings is 2. The largest absolute Gasteiger partial charge is 0.493 e. The van der Waals surface area contributed by atoms with Crippen LogP contribution in [0.2, 0.25) is 0 Å². The maximum absolute atomic E-state index is 12.1. The summed E-state index contributed by atoms with van der Waals surface area (Å²) in [6.07, 6.45) is 2.82. The van der Waals surface area contributed by atoms with E-state index in [1.54, 1.807) is 0 Å². The topological polar surface area (TPSA) is 146 Å². The van der Waals surface area contributed by atoms with E-state index in [2.05, 4.69) is 10.5 Å². The standard InChI is InChI=1S/C19H20N4O7/c1-3-4-9-30-18-16(23(27)28)10-13(11-17(18)29-2)12-20-21-19(24)14-5-7-15(8-6-14)22(25)26/h5-8,10-12H,3-4,9H2,1-2H3,(H,21,24)/b20-12+. The third kappa shape index (κ3) is 5.74. The number of nitro groups is 2. The van der Waals surface area contributed by atoms with Gasteiger partial charge in [-0.3, -0.25) is 25.0 Å². The van der Waals surface area contributed by atoms with Gasteiger partial charge in [-0.25, -0.2) is 5.43 Å². The molecule has 0 radical (unpaired) electrons. The molecule has 0 atom stereocenters. The second kappa shape index (κ2) is 10.5. The smallest absolute Gasteiger partial charge is 0.315 e. The molecule has 158 valence electrons. The van der Waals surface area contributed by atoms with Gasteiger partial charge in [0.2, 0.25) is 5.75 Å². The normalized spacial score (nSPS) is 10.6. The summed E-state index contributed by atoms with van der Waals surface area (Å²) in [6, 6.07) is 7.73. The number of methoxy groups -OCH3 is 1. The van der Waals surface area contributed by atoms with Gasteiger partial charge >= 0.3 is 5.69 Å². The molecule has 0 aliphatic carbocycles. The summed E-state index contributed by atoms with van der Waals surface area (Å²) in [7, 11) is 1.36. The van der Waals surface area contributed by atoms with Gasteiger partial charge in [0.15, 0.2) is 5.75 Å². The lowest BCUT2D eigenvalue weighted by Gasteiger charge is -2.11. The molecule has 2 aromatic carbocycles. The van der Waals surface area contributed by atoms with E-state index in [4.69, 9.17) is 9.47 Å². The fourth-order valence-corrected chi connectivity index (χ4v) is 2.40. The minimum Gasteiger partial charge on any atom is -0.493 e. The predicted molar refractivity (Wildman–Crippen MR) is 108 cm³/mol. The Bertz CT molecular complexity index is 958. The second-order valence-corrected chi connectivity index (χ2v) is 6.03. The SMILES string of the molecule is CCCCOc1c(OC)cc(/C=N/NC(=O)c2ccc([N+](=O)[O-])cc2)cc1[N+](=O)[O-]. The second-order valence-electron chi connectivity index (χ2n) is 6.03. The van der Waals surface area contributed by atoms with E-state index >= 15 is 0 Å². The number of nitro benzene ring substituents is 2. The van der Waals surface area contributed by atoms with Gasteiger partial charge in [-0.1, -0.05) is 13.3 Å². The van der Waals surface area contributed by atoms with E-state index in [-0.39, 0.29) is 28.4 Å². The molecule has 0 unspecified atom stereocenters. The van der Waals surface area contributed by atoms with E-state index in [0.29, 0.717) is 12.2 Å². The number of unbranched alkanes of at least 4 members (excludes halogenated alkanes) is 1. The molecule has 0 fully saturated rings. The minimum absolute atomic E-state index is 0.0306. The summed E-state index contributed by atoms with van der Waals surface area (Å²) in [5, 5.41) is 25.9. The Labute approximate surface area is 171 Å². The minimum atomic E-state index is -0.595. The van der Waals surface area contributed by atoms with Crippen molar-refractivity contribution in [2.45, 2.75) is 19.8 Å². The van der Waals surface area contributed by atoms with E-state index in [0.717, 1.165) is 12.8 Å². The maximum atomic E-state index is 12.1. The predicted octanol–water partition coefficient (Wildman–Crippen LogP) is 3.45. The molecule has 0 saturated heterocycles. The number of nitrogens with zero attached hydrogens (tertiary/aromatic N) is 3. The lowest BCUT2D eigenvalue weighted by molar-refractivity contribution is -0.386. The molecule has 1 N–H and O–H groups in total. The number of amides is 1. The van der Waals surface area contributed by atoms with Crippen LogP contribution < -0.4 is 14.9 Å². The van der Waals surface area contributed by atoms with Gasteiger partial charge in [-0.05, 0) is 24.6 Å². The molecule has 11 heteroatoms. The van der Waals surface area contributed by atoms with Crippen molar-refractivity contribution >= 4 is 23.5 Å². The Morgan fingerprint density at radius 1 is 1.17 bits per heavy atom. The fraction of sp³-hybridized carbons (Fsp3) is 0.263. The zero-order valence-corrected chi connectivity index (χ0v) is 16.4. The summed E-state index contributed by atoms with van der Waals surface area (Å²) < 4.78 is 10.7. The van der Waals surface area contributed by atoms with Crippen molar-refractivity contribution in [3.63, 3.8) is 0 Å². The average Bonchev–Trinajstić information content (AvgIpc) is 2.74. The van der Waals surface area contributed by atoms with Crippen molar-refractivity contribution in [3.05, 3.63) is 67.8 Å². The Morgan fingerprint density at radius 3 is 2.43 bits per heavy atom. The highest BCUT2D eigenvalue weighted by Gasteiger charge is 2.22. The fourth-order valence-electron chi connectivity index (χ4n) is 2.40. The number of non-ortho nitro benzene ring substituents is 1. The number of carbonyl (C=O) groups excluding carboxylic acids is 1. The number of hydrogen-bond donors (Lipinski definition) is 1. The Kier molecular flexibility index (Phi) is 7.80. The van der Waals surface area contributed by atoms with Crippen LogP contribution in [0.1, 0.15) is 35.7 Å². The van der Waals surface area contributed by atoms with Gasteiger partial charge in [0.05, 0.1) is 29.8 Å². The van der Waals surface area contributed by atoms with Gasteiger partial charge in [-0.15, -0.1) is 0 Å². The highest BCUT2D eigenvalue weighted by Crippen LogP contribution is 2.38. The summed E-state index contributed by atoms with van der Waals surface area (Å²) in [6.45, 7) is 2.28. The monoisotopic (exact) mass is 416 g/mol. The molecule has 0 aliphatic rings. The Morgan fingerprint density at radius 2 is 1.87 bits per heavy atom. The maximum Gasteiger partial charge on any atom is 0.315 e. The van der Waals surface area contributed by atoms with Gasteiger partial charge in [0, 0.05) is 29.3 Å². The molecule has 1 amide bonds. The van der Waals surface area contributed by atoms with Crippen LogP contribution in [0.25, 0.3) is 0 Å². The number of ether oxygens (including phenoxy) is 2. The van der Waals surface area contributed by atoms with Crippen molar-refractivity contribution in [1.82, 2.24) is 5.43 Å². The van der Waals surface area contributed by atoms with Crippen molar-refractivity contribution in [1.29, 1.82) is 0 Å². The molecule has 0 saturated carbocycles. The third-order valence-corrected chi connectivity index (χ3v) is 3.94. The molecule has 2 rings (SSSR count). The Balaban J connectivity index is 2.17. The molecule has 0 bridgehead atoms. The summed E-state index contributed by atoms with van der Waals surface area (Å²) in [5.74, 6) is -0.395. The van der Waals surface area contributed by atoms with Crippen LogP contribution in [0.4, 0.5) is 11.4 Å². The van der Waals surface area contributed by atoms with Crippen molar-refractivity contribution < 1.29 is 24.1 Å². The number of hydrogen-bond acceptors (Lipinski definition) is 8. The molecule has 0 aromatic heterocycles. The molecule has 0 spiro atoms. The van der Waals surface area contributed by atoms with Crippen molar-refractivity contribution in [2.24, 2.45) is 5.10 Å². The van der Waals surface area contributed by atoms with Crippen LogP contribution in [-0.4, -0.2) is 35.7 Å². The lowest BCUT2D eigenvalue weighted by Crippen LogP contribution is -2.17. The molecular formula is C19H20N4O7. The van der Waals surface area contributed by atoms with E-state index in [9.17, 15) is 25.0 Å². The third-order valence-electron chi connectivity index (χ3n) is 3.94.